The molecule has 0 fully saturated rings. The average Bonchev–Trinajstić information content (AvgIpc) is 2.66. The van der Waals surface area contributed by atoms with Crippen molar-refractivity contribution in [3.05, 3.63) is 71.3 Å². The van der Waals surface area contributed by atoms with Crippen LogP contribution in [-0.4, -0.2) is 9.97 Å². The molecule has 2 heterocycles. The number of nitrogens with one attached hydrogen (secondary N) is 2. The summed E-state index contributed by atoms with van der Waals surface area (Å²) in [5.74, 6) is -15.2. The van der Waals surface area contributed by atoms with Crippen molar-refractivity contribution in [2.24, 2.45) is 0 Å². The molecule has 0 aliphatic rings. The maximum absolute atomic E-state index is 13.8. The van der Waals surface area contributed by atoms with Crippen molar-refractivity contribution >= 4 is 22.7 Å². The molecular weight excluding hydrogens is 400 g/mol. The van der Waals surface area contributed by atoms with Crippen LogP contribution in [0, 0.1) is 47.1 Å². The Morgan fingerprint density at radius 3 is 1.07 bits per heavy atom. The van der Waals surface area contributed by atoms with Gasteiger partial charge in [0.15, 0.2) is 0 Å². The van der Waals surface area contributed by atoms with Gasteiger partial charge in [0, 0.05) is 0 Å². The van der Waals surface area contributed by atoms with E-state index in [-0.39, 0.29) is 11.4 Å². The van der Waals surface area contributed by atoms with Crippen molar-refractivity contribution in [3.8, 4) is 0 Å². The number of halogens is 8. The Morgan fingerprint density at radius 2 is 0.786 bits per heavy atom. The summed E-state index contributed by atoms with van der Waals surface area (Å²) in [7, 11) is 0. The summed E-state index contributed by atoms with van der Waals surface area (Å²) < 4.78 is 108. The number of rotatable bonds is 4. The molecule has 0 atom stereocenters. The van der Waals surface area contributed by atoms with E-state index in [9.17, 15) is 35.1 Å². The van der Waals surface area contributed by atoms with Gasteiger partial charge in [0.1, 0.15) is 11.4 Å². The molecule has 2 aromatic heterocycles. The maximum atomic E-state index is 13.8. The van der Waals surface area contributed by atoms with Gasteiger partial charge < -0.3 is 10.6 Å². The molecular formula is C16H6F8N4. The summed E-state index contributed by atoms with van der Waals surface area (Å²) in [6.45, 7) is 0. The first-order valence-electron chi connectivity index (χ1n) is 7.23. The second-order valence-electron chi connectivity index (χ2n) is 5.19. The van der Waals surface area contributed by atoms with E-state index in [1.165, 1.54) is 12.1 Å². The van der Waals surface area contributed by atoms with Crippen molar-refractivity contribution in [1.29, 1.82) is 0 Å². The van der Waals surface area contributed by atoms with Gasteiger partial charge in [-0.2, -0.15) is 45.1 Å². The monoisotopic (exact) mass is 406 g/mol. The number of benzene rings is 1. The van der Waals surface area contributed by atoms with Gasteiger partial charge in [0.2, 0.25) is 23.3 Å². The molecule has 0 aliphatic carbocycles. The van der Waals surface area contributed by atoms with Gasteiger partial charge >= 0.3 is 0 Å². The predicted octanol–water partition coefficient (Wildman–Crippen LogP) is 5.08. The molecule has 3 rings (SSSR count). The quantitative estimate of drug-likeness (QED) is 0.469. The van der Waals surface area contributed by atoms with Crippen molar-refractivity contribution < 1.29 is 35.1 Å². The molecule has 1 aromatic carbocycles. The fourth-order valence-electron chi connectivity index (χ4n) is 2.16. The van der Waals surface area contributed by atoms with Gasteiger partial charge in [-0.05, 0) is 12.1 Å². The van der Waals surface area contributed by atoms with Crippen LogP contribution in [0.5, 0.6) is 0 Å². The SMILES string of the molecule is Fc1nc(F)c(F)c(Nc2ccccc2Nc2c(F)c(F)nc(F)c2F)c1F. The van der Waals surface area contributed by atoms with Gasteiger partial charge in [-0.3, -0.25) is 0 Å². The molecule has 28 heavy (non-hydrogen) atoms. The van der Waals surface area contributed by atoms with E-state index in [4.69, 9.17) is 0 Å². The minimum atomic E-state index is -1.94. The lowest BCUT2D eigenvalue weighted by Crippen LogP contribution is -2.09. The predicted molar refractivity (Wildman–Crippen MR) is 81.1 cm³/mol. The highest BCUT2D eigenvalue weighted by molar-refractivity contribution is 5.78. The molecule has 12 heteroatoms. The number of hydrogen-bond donors (Lipinski definition) is 2. The van der Waals surface area contributed by atoms with Gasteiger partial charge in [-0.15, -0.1) is 0 Å². The third-order valence-corrected chi connectivity index (χ3v) is 3.44. The van der Waals surface area contributed by atoms with Gasteiger partial charge in [-0.25, -0.2) is 0 Å². The molecule has 0 amide bonds. The van der Waals surface area contributed by atoms with Crippen LogP contribution < -0.4 is 10.6 Å². The van der Waals surface area contributed by atoms with E-state index in [1.807, 2.05) is 10.6 Å². The van der Waals surface area contributed by atoms with E-state index in [2.05, 4.69) is 9.97 Å². The largest absolute Gasteiger partial charge is 0.349 e. The second kappa shape index (κ2) is 7.29. The van der Waals surface area contributed by atoms with Crippen molar-refractivity contribution in [1.82, 2.24) is 9.97 Å². The Labute approximate surface area is 150 Å². The van der Waals surface area contributed by atoms with Crippen LogP contribution in [0.3, 0.4) is 0 Å². The van der Waals surface area contributed by atoms with Crippen LogP contribution in [-0.2, 0) is 0 Å². The van der Waals surface area contributed by atoms with Crippen LogP contribution in [0.2, 0.25) is 0 Å². The standard InChI is InChI=1S/C16H6F8N4/c17-7-11(8(18)14(22)27-13(7)21)25-5-3-1-2-4-6(5)26-12-9(19)15(23)28-16(24)10(12)20/h1-4H,(H,25,27)(H,26,28). The first kappa shape index (κ1) is 19.3. The Balaban J connectivity index is 2.06. The van der Waals surface area contributed by atoms with Crippen LogP contribution in [0.1, 0.15) is 0 Å². The first-order chi connectivity index (χ1) is 13.2. The van der Waals surface area contributed by atoms with Crippen LogP contribution in [0.15, 0.2) is 24.3 Å². The summed E-state index contributed by atoms with van der Waals surface area (Å²) in [4.78, 5) is 4.76. The van der Waals surface area contributed by atoms with Crippen molar-refractivity contribution in [3.63, 3.8) is 0 Å². The molecule has 0 aliphatic heterocycles. The number of hydrogen-bond acceptors (Lipinski definition) is 4. The smallest absolute Gasteiger partial charge is 0.253 e. The highest BCUT2D eigenvalue weighted by Gasteiger charge is 2.24. The molecule has 4 nitrogen and oxygen atoms in total. The highest BCUT2D eigenvalue weighted by Crippen LogP contribution is 2.33. The molecule has 3 aromatic rings. The zero-order valence-corrected chi connectivity index (χ0v) is 13.2. The topological polar surface area (TPSA) is 49.8 Å². The number of anilines is 4. The third-order valence-electron chi connectivity index (χ3n) is 3.44. The summed E-state index contributed by atoms with van der Waals surface area (Å²) in [5.41, 5.74) is -3.26. The number of para-hydroxylation sites is 2. The Morgan fingerprint density at radius 1 is 0.500 bits per heavy atom. The Bertz CT molecular complexity index is 936. The minimum absolute atomic E-state index is 0.346. The van der Waals surface area contributed by atoms with E-state index in [1.54, 1.807) is 0 Å². The Hall–Kier alpha value is -3.44. The van der Waals surface area contributed by atoms with Gasteiger partial charge in [0.05, 0.1) is 11.4 Å². The molecule has 0 radical (unpaired) electrons. The molecule has 146 valence electrons. The second-order valence-corrected chi connectivity index (χ2v) is 5.19. The summed E-state index contributed by atoms with van der Waals surface area (Å²) in [5, 5.41) is 4.00. The van der Waals surface area contributed by atoms with Crippen molar-refractivity contribution in [2.75, 3.05) is 10.6 Å². The van der Waals surface area contributed by atoms with Crippen LogP contribution in [0.25, 0.3) is 0 Å². The third kappa shape index (κ3) is 3.40. The molecule has 0 saturated heterocycles. The summed E-state index contributed by atoms with van der Waals surface area (Å²) in [6.07, 6.45) is 0. The molecule has 0 saturated carbocycles. The average molecular weight is 406 g/mol. The minimum Gasteiger partial charge on any atom is -0.349 e. The van der Waals surface area contributed by atoms with E-state index >= 15 is 0 Å². The number of aromatic nitrogens is 2. The fraction of sp³-hybridized carbons (Fsp3) is 0. The van der Waals surface area contributed by atoms with Gasteiger partial charge in [-0.1, -0.05) is 12.1 Å². The lowest BCUT2D eigenvalue weighted by atomic mass is 10.2. The summed E-state index contributed by atoms with van der Waals surface area (Å²) in [6, 6.07) is 4.78. The highest BCUT2D eigenvalue weighted by atomic mass is 19.2. The number of pyridine rings is 2. The maximum Gasteiger partial charge on any atom is 0.253 e. The van der Waals surface area contributed by atoms with Crippen molar-refractivity contribution in [2.45, 2.75) is 0 Å². The van der Waals surface area contributed by atoms with E-state index in [0.717, 1.165) is 12.1 Å². The van der Waals surface area contributed by atoms with Crippen LogP contribution >= 0.6 is 0 Å². The fourth-order valence-corrected chi connectivity index (χ4v) is 2.16. The zero-order chi connectivity index (χ0) is 20.6. The van der Waals surface area contributed by atoms with Crippen LogP contribution in [0.4, 0.5) is 57.9 Å². The molecule has 0 unspecified atom stereocenters. The number of nitrogens with zero attached hydrogens (tertiary/aromatic N) is 2. The van der Waals surface area contributed by atoms with E-state index in [0.29, 0.717) is 0 Å². The zero-order valence-electron chi connectivity index (χ0n) is 13.2. The van der Waals surface area contributed by atoms with Gasteiger partial charge in [0.25, 0.3) is 23.8 Å². The first-order valence-corrected chi connectivity index (χ1v) is 7.23. The van der Waals surface area contributed by atoms with E-state index < -0.39 is 58.4 Å². The normalized spacial score (nSPS) is 10.9. The summed E-state index contributed by atoms with van der Waals surface area (Å²) >= 11 is 0. The lowest BCUT2D eigenvalue weighted by molar-refractivity contribution is 0.411. The lowest BCUT2D eigenvalue weighted by Gasteiger charge is -2.16. The molecule has 0 spiro atoms. The molecule has 0 bridgehead atoms. The Kier molecular flexibility index (Phi) is 5.03. The molecule has 2 N–H and O–H groups in total.